The van der Waals surface area contributed by atoms with E-state index in [1.807, 2.05) is 0 Å². The molecule has 20 heavy (non-hydrogen) atoms. The van der Waals surface area contributed by atoms with Gasteiger partial charge in [-0.2, -0.15) is 0 Å². The summed E-state index contributed by atoms with van der Waals surface area (Å²) in [6, 6.07) is 8.26. The Bertz CT molecular complexity index is 784. The van der Waals surface area contributed by atoms with E-state index in [0.717, 1.165) is 0 Å². The predicted octanol–water partition coefficient (Wildman–Crippen LogP) is 1.76. The smallest absolute Gasteiger partial charge is 0.183 e. The van der Waals surface area contributed by atoms with Crippen LogP contribution in [0.25, 0.3) is 0 Å². The van der Waals surface area contributed by atoms with Gasteiger partial charge in [0.05, 0.1) is 16.8 Å². The Morgan fingerprint density at radius 3 is 2.80 bits per heavy atom. The number of benzene rings is 1. The number of pyridine rings is 1. The highest BCUT2D eigenvalue weighted by molar-refractivity contribution is 7.90. The molecule has 0 radical (unpaired) electrons. The second-order valence-electron chi connectivity index (χ2n) is 4.49. The van der Waals surface area contributed by atoms with Crippen LogP contribution in [0.4, 0.5) is 0 Å². The number of aromatic nitrogens is 1. The van der Waals surface area contributed by atoms with Crippen LogP contribution in [0, 0.1) is 0 Å². The molecule has 1 aromatic heterocycles. The van der Waals surface area contributed by atoms with Crippen LogP contribution in [0.15, 0.2) is 41.4 Å². The van der Waals surface area contributed by atoms with Crippen molar-refractivity contribution in [1.82, 2.24) is 4.98 Å². The first-order chi connectivity index (χ1) is 9.60. The molecule has 6 heteroatoms. The zero-order chi connectivity index (χ0) is 14.2. The molecule has 2 heterocycles. The van der Waals surface area contributed by atoms with Crippen LogP contribution in [-0.2, 0) is 22.2 Å². The van der Waals surface area contributed by atoms with Crippen molar-refractivity contribution in [2.24, 2.45) is 0 Å². The molecule has 0 amide bonds. The maximum Gasteiger partial charge on any atom is 0.183 e. The van der Waals surface area contributed by atoms with E-state index in [0.29, 0.717) is 23.2 Å². The van der Waals surface area contributed by atoms with Gasteiger partial charge < -0.3 is 4.74 Å². The summed E-state index contributed by atoms with van der Waals surface area (Å²) in [4.78, 5) is 15.1. The maximum atomic E-state index is 12.5. The fourth-order valence-corrected chi connectivity index (χ4v) is 3.78. The number of hydrogen-bond acceptors (Lipinski definition) is 5. The van der Waals surface area contributed by atoms with E-state index in [9.17, 15) is 13.2 Å². The van der Waals surface area contributed by atoms with Gasteiger partial charge in [-0.25, -0.2) is 13.4 Å². The van der Waals surface area contributed by atoms with Crippen molar-refractivity contribution in [2.75, 3.05) is 0 Å². The minimum absolute atomic E-state index is 0.125. The molecule has 0 atom stereocenters. The Morgan fingerprint density at radius 2 is 2.00 bits per heavy atom. The Labute approximate surface area is 116 Å². The topological polar surface area (TPSA) is 73.3 Å². The van der Waals surface area contributed by atoms with Gasteiger partial charge in [-0.1, -0.05) is 18.2 Å². The van der Waals surface area contributed by atoms with E-state index in [1.54, 1.807) is 30.3 Å². The molecule has 2 aromatic rings. The average Bonchev–Trinajstić information content (AvgIpc) is 2.48. The van der Waals surface area contributed by atoms with Gasteiger partial charge in [0.2, 0.25) is 0 Å². The molecule has 1 aliphatic heterocycles. The van der Waals surface area contributed by atoms with Crippen molar-refractivity contribution < 1.29 is 17.9 Å². The zero-order valence-corrected chi connectivity index (χ0v) is 11.3. The lowest BCUT2D eigenvalue weighted by Gasteiger charge is -2.08. The Kier molecular flexibility index (Phi) is 3.02. The van der Waals surface area contributed by atoms with Crippen LogP contribution in [0.5, 0.6) is 5.75 Å². The van der Waals surface area contributed by atoms with Gasteiger partial charge in [-0.05, 0) is 12.1 Å². The van der Waals surface area contributed by atoms with Crippen LogP contribution in [0.1, 0.15) is 21.6 Å². The molecule has 3 rings (SSSR count). The summed E-state index contributed by atoms with van der Waals surface area (Å²) in [5.41, 5.74) is 1.08. The van der Waals surface area contributed by atoms with Crippen molar-refractivity contribution in [1.29, 1.82) is 0 Å². The summed E-state index contributed by atoms with van der Waals surface area (Å²) in [7, 11) is -3.53. The number of sulfone groups is 1. The minimum Gasteiger partial charge on any atom is -0.487 e. The quantitative estimate of drug-likeness (QED) is 0.748. The molecular weight excluding hydrogens is 278 g/mol. The number of fused-ring (bicyclic) bond motifs is 3. The lowest BCUT2D eigenvalue weighted by molar-refractivity contribution is 0.111. The summed E-state index contributed by atoms with van der Waals surface area (Å²) in [5, 5.41) is 0. The van der Waals surface area contributed by atoms with E-state index in [2.05, 4.69) is 4.98 Å². The first-order valence-corrected chi connectivity index (χ1v) is 7.63. The highest BCUT2D eigenvalue weighted by Crippen LogP contribution is 2.26. The SMILES string of the molecule is O=Cc1ncc2cc1CS(=O)(=O)c1ccccc1CO2. The van der Waals surface area contributed by atoms with Crippen LogP contribution in [0.2, 0.25) is 0 Å². The number of rotatable bonds is 1. The Hall–Kier alpha value is -2.21. The van der Waals surface area contributed by atoms with Gasteiger partial charge in [0.25, 0.3) is 0 Å². The average molecular weight is 289 g/mol. The summed E-state index contributed by atoms with van der Waals surface area (Å²) in [5.74, 6) is 0.194. The monoisotopic (exact) mass is 289 g/mol. The molecule has 0 N–H and O–H groups in total. The minimum atomic E-state index is -3.53. The molecule has 0 fully saturated rings. The van der Waals surface area contributed by atoms with E-state index in [4.69, 9.17) is 4.74 Å². The predicted molar refractivity (Wildman–Crippen MR) is 71.3 cm³/mol. The third kappa shape index (κ3) is 2.18. The number of ether oxygens (including phenoxy) is 1. The fourth-order valence-electron chi connectivity index (χ4n) is 2.17. The Morgan fingerprint density at radius 1 is 1.20 bits per heavy atom. The summed E-state index contributed by atoms with van der Waals surface area (Å²) >= 11 is 0. The molecule has 0 unspecified atom stereocenters. The third-order valence-corrected chi connectivity index (χ3v) is 4.89. The molecule has 0 aliphatic carbocycles. The molecule has 0 saturated heterocycles. The number of hydrogen-bond donors (Lipinski definition) is 0. The van der Waals surface area contributed by atoms with Crippen molar-refractivity contribution in [2.45, 2.75) is 17.3 Å². The first-order valence-electron chi connectivity index (χ1n) is 5.98. The zero-order valence-electron chi connectivity index (χ0n) is 10.4. The molecule has 102 valence electrons. The van der Waals surface area contributed by atoms with Gasteiger partial charge in [-0.15, -0.1) is 0 Å². The molecule has 0 saturated carbocycles. The molecule has 2 bridgehead atoms. The van der Waals surface area contributed by atoms with Crippen LogP contribution >= 0.6 is 0 Å². The van der Waals surface area contributed by atoms with E-state index < -0.39 is 9.84 Å². The van der Waals surface area contributed by atoms with Crippen LogP contribution in [-0.4, -0.2) is 19.7 Å². The first kappa shape index (κ1) is 12.8. The Balaban J connectivity index is 2.21. The normalized spacial score (nSPS) is 16.0. The number of aldehydes is 1. The molecule has 1 aliphatic rings. The van der Waals surface area contributed by atoms with Gasteiger partial charge >= 0.3 is 0 Å². The highest BCUT2D eigenvalue weighted by atomic mass is 32.2. The molecule has 5 nitrogen and oxygen atoms in total. The third-order valence-electron chi connectivity index (χ3n) is 3.14. The number of nitrogens with zero attached hydrogens (tertiary/aromatic N) is 1. The van der Waals surface area contributed by atoms with Gasteiger partial charge in [-0.3, -0.25) is 4.79 Å². The van der Waals surface area contributed by atoms with E-state index >= 15 is 0 Å². The second kappa shape index (κ2) is 4.72. The highest BCUT2D eigenvalue weighted by Gasteiger charge is 2.23. The van der Waals surface area contributed by atoms with Crippen molar-refractivity contribution in [3.05, 3.63) is 53.3 Å². The van der Waals surface area contributed by atoms with Crippen LogP contribution in [0.3, 0.4) is 0 Å². The van der Waals surface area contributed by atoms with E-state index in [1.165, 1.54) is 6.20 Å². The molecule has 1 aromatic carbocycles. The number of carbonyl (C=O) groups is 1. The lowest BCUT2D eigenvalue weighted by Crippen LogP contribution is -2.09. The van der Waals surface area contributed by atoms with Crippen molar-refractivity contribution in [3.8, 4) is 5.75 Å². The van der Waals surface area contributed by atoms with Crippen molar-refractivity contribution in [3.63, 3.8) is 0 Å². The largest absolute Gasteiger partial charge is 0.487 e. The maximum absolute atomic E-state index is 12.5. The summed E-state index contributed by atoms with van der Waals surface area (Å²) < 4.78 is 30.5. The van der Waals surface area contributed by atoms with Crippen LogP contribution < -0.4 is 4.74 Å². The number of carbonyl (C=O) groups excluding carboxylic acids is 1. The van der Waals surface area contributed by atoms with Gasteiger partial charge in [0.15, 0.2) is 16.1 Å². The van der Waals surface area contributed by atoms with Gasteiger partial charge in [0.1, 0.15) is 18.1 Å². The second-order valence-corrected chi connectivity index (χ2v) is 6.45. The van der Waals surface area contributed by atoms with E-state index in [-0.39, 0.29) is 22.9 Å². The fraction of sp³-hybridized carbons (Fsp3) is 0.143. The van der Waals surface area contributed by atoms with Gasteiger partial charge in [0, 0.05) is 11.1 Å². The summed E-state index contributed by atoms with van der Waals surface area (Å²) in [6.07, 6.45) is 1.98. The lowest BCUT2D eigenvalue weighted by atomic mass is 10.2. The molecular formula is C14H11NO4S. The van der Waals surface area contributed by atoms with Crippen molar-refractivity contribution >= 4 is 16.1 Å². The summed E-state index contributed by atoms with van der Waals surface area (Å²) in [6.45, 7) is 0.150. The standard InChI is InChI=1S/C14H11NO4S/c16-7-13-11-5-12(6-15-13)19-8-10-3-1-2-4-14(10)20(17,18)9-11/h1-7H,8-9H2. The molecule has 0 spiro atoms.